The number of ether oxygens (including phenoxy) is 1. The van der Waals surface area contributed by atoms with E-state index in [1.165, 1.54) is 18.4 Å². The van der Waals surface area contributed by atoms with Crippen molar-refractivity contribution in [3.63, 3.8) is 0 Å². The summed E-state index contributed by atoms with van der Waals surface area (Å²) in [6.45, 7) is 0. The lowest BCUT2D eigenvalue weighted by Crippen LogP contribution is -2.54. The van der Waals surface area contributed by atoms with E-state index in [4.69, 9.17) is 4.74 Å². The van der Waals surface area contributed by atoms with Gasteiger partial charge in [-0.1, -0.05) is 12.1 Å². The number of hydrogen-bond donors (Lipinski definition) is 1. The van der Waals surface area contributed by atoms with Gasteiger partial charge in [0.05, 0.1) is 17.7 Å². The second-order valence-electron chi connectivity index (χ2n) is 9.14. The van der Waals surface area contributed by atoms with Crippen LogP contribution < -0.4 is 4.74 Å². The Hall–Kier alpha value is -1.72. The first-order chi connectivity index (χ1) is 13.5. The highest BCUT2D eigenvalue weighted by atomic mass is 32.1. The smallest absolute Gasteiger partial charge is 0.182 e. The third-order valence-electron chi connectivity index (χ3n) is 7.21. The summed E-state index contributed by atoms with van der Waals surface area (Å²) in [5.41, 5.74) is 1.37. The van der Waals surface area contributed by atoms with E-state index in [1.54, 1.807) is 18.4 Å². The van der Waals surface area contributed by atoms with Crippen LogP contribution in [0.15, 0.2) is 29.6 Å². The number of ketones is 1. The molecule has 5 heteroatoms. The van der Waals surface area contributed by atoms with Gasteiger partial charge in [-0.3, -0.25) is 4.79 Å². The molecule has 1 heterocycles. The number of benzene rings is 1. The van der Waals surface area contributed by atoms with Crippen LogP contribution >= 0.6 is 11.3 Å². The Morgan fingerprint density at radius 1 is 1.21 bits per heavy atom. The molecule has 4 fully saturated rings. The predicted octanol–water partition coefficient (Wildman–Crippen LogP) is 4.50. The summed E-state index contributed by atoms with van der Waals surface area (Å²) in [5, 5.41) is 13.6. The van der Waals surface area contributed by atoms with Gasteiger partial charge in [0.25, 0.3) is 0 Å². The summed E-state index contributed by atoms with van der Waals surface area (Å²) in [6, 6.07) is 7.99. The van der Waals surface area contributed by atoms with Crippen molar-refractivity contribution >= 4 is 17.1 Å². The first-order valence-electron chi connectivity index (χ1n) is 10.3. The van der Waals surface area contributed by atoms with Crippen LogP contribution in [-0.2, 0) is 6.42 Å². The summed E-state index contributed by atoms with van der Waals surface area (Å²) in [7, 11) is 1.66. The van der Waals surface area contributed by atoms with Crippen molar-refractivity contribution in [3.05, 3.63) is 45.9 Å². The highest BCUT2D eigenvalue weighted by molar-refractivity contribution is 7.09. The number of thiazole rings is 1. The van der Waals surface area contributed by atoms with Gasteiger partial charge in [-0.15, -0.1) is 11.3 Å². The van der Waals surface area contributed by atoms with Crippen LogP contribution in [0.5, 0.6) is 5.75 Å². The highest BCUT2D eigenvalue weighted by Crippen LogP contribution is 2.59. The number of carbonyl (C=O) groups is 1. The van der Waals surface area contributed by atoms with E-state index < -0.39 is 5.60 Å². The van der Waals surface area contributed by atoms with Crippen molar-refractivity contribution < 1.29 is 14.6 Å². The average Bonchev–Trinajstić information content (AvgIpc) is 3.12. The van der Waals surface area contributed by atoms with E-state index in [2.05, 4.69) is 4.98 Å². The standard InChI is InChI=1S/C23H27NO3S/c1-27-18-4-2-14(3-5-18)8-22-24-20(13-28-22)21(25)9-19-16-6-15-7-17(19)12-23(26,10-15)11-16/h2-5,13,15-17,19,26H,6-12H2,1H3. The molecule has 4 nitrogen and oxygen atoms in total. The summed E-state index contributed by atoms with van der Waals surface area (Å²) in [5.74, 6) is 3.20. The van der Waals surface area contributed by atoms with Gasteiger partial charge in [0.2, 0.25) is 0 Å². The molecule has 1 N–H and O–H groups in total. The lowest BCUT2D eigenvalue weighted by Gasteiger charge is -2.58. The van der Waals surface area contributed by atoms with Gasteiger partial charge in [0.1, 0.15) is 11.4 Å². The maximum absolute atomic E-state index is 12.9. The minimum Gasteiger partial charge on any atom is -0.497 e. The molecule has 2 atom stereocenters. The molecule has 0 radical (unpaired) electrons. The molecule has 6 rings (SSSR count). The van der Waals surface area contributed by atoms with E-state index in [-0.39, 0.29) is 5.78 Å². The molecular formula is C23H27NO3S. The SMILES string of the molecule is COc1ccc(Cc2nc(C(=O)CC3C4CC5CC3CC(O)(C5)C4)cs2)cc1. The van der Waals surface area contributed by atoms with E-state index in [1.807, 2.05) is 29.6 Å². The van der Waals surface area contributed by atoms with Crippen LogP contribution in [0.4, 0.5) is 0 Å². The van der Waals surface area contributed by atoms with Crippen LogP contribution in [0.3, 0.4) is 0 Å². The molecule has 0 saturated heterocycles. The van der Waals surface area contributed by atoms with Gasteiger partial charge in [0.15, 0.2) is 5.78 Å². The molecule has 148 valence electrons. The van der Waals surface area contributed by atoms with Gasteiger partial charge in [-0.2, -0.15) is 0 Å². The maximum atomic E-state index is 12.9. The first-order valence-corrected chi connectivity index (χ1v) is 11.2. The second kappa shape index (κ2) is 6.96. The Labute approximate surface area is 170 Å². The number of aromatic nitrogens is 1. The molecule has 0 spiro atoms. The molecule has 2 unspecified atom stereocenters. The lowest BCUT2D eigenvalue weighted by atomic mass is 9.49. The predicted molar refractivity (Wildman–Crippen MR) is 109 cm³/mol. The van der Waals surface area contributed by atoms with Crippen molar-refractivity contribution in [2.75, 3.05) is 7.11 Å². The highest BCUT2D eigenvalue weighted by Gasteiger charge is 2.54. The summed E-state index contributed by atoms with van der Waals surface area (Å²) < 4.78 is 5.20. The normalized spacial score (nSPS) is 33.2. The van der Waals surface area contributed by atoms with E-state index in [9.17, 15) is 9.90 Å². The number of aliphatic hydroxyl groups is 1. The summed E-state index contributed by atoms with van der Waals surface area (Å²) in [6.07, 6.45) is 6.54. The molecule has 2 aromatic rings. The van der Waals surface area contributed by atoms with Crippen LogP contribution in [-0.4, -0.2) is 28.6 Å². The maximum Gasteiger partial charge on any atom is 0.182 e. The zero-order valence-corrected chi connectivity index (χ0v) is 17.1. The third-order valence-corrected chi connectivity index (χ3v) is 8.06. The van der Waals surface area contributed by atoms with Crippen molar-refractivity contribution in [1.82, 2.24) is 4.98 Å². The molecular weight excluding hydrogens is 370 g/mol. The fraction of sp³-hybridized carbons (Fsp3) is 0.565. The number of carbonyl (C=O) groups excluding carboxylic acids is 1. The monoisotopic (exact) mass is 397 g/mol. The first kappa shape index (κ1) is 18.3. The van der Waals surface area contributed by atoms with E-state index >= 15 is 0 Å². The molecule has 1 aromatic carbocycles. The molecule has 4 aliphatic carbocycles. The number of methoxy groups -OCH3 is 1. The van der Waals surface area contributed by atoms with Crippen molar-refractivity contribution in [2.24, 2.45) is 23.7 Å². The molecule has 4 saturated carbocycles. The zero-order chi connectivity index (χ0) is 19.3. The summed E-state index contributed by atoms with van der Waals surface area (Å²) >= 11 is 1.57. The Morgan fingerprint density at radius 2 is 1.93 bits per heavy atom. The number of hydrogen-bond acceptors (Lipinski definition) is 5. The van der Waals surface area contributed by atoms with E-state index in [0.717, 1.165) is 36.4 Å². The molecule has 28 heavy (non-hydrogen) atoms. The Bertz CT molecular complexity index is 858. The lowest BCUT2D eigenvalue weighted by molar-refractivity contribution is -0.151. The molecule has 1 aromatic heterocycles. The third kappa shape index (κ3) is 3.39. The number of rotatable bonds is 6. The largest absolute Gasteiger partial charge is 0.497 e. The summed E-state index contributed by atoms with van der Waals surface area (Å²) in [4.78, 5) is 17.6. The Kier molecular flexibility index (Phi) is 4.55. The number of nitrogens with zero attached hydrogens (tertiary/aromatic N) is 1. The van der Waals surface area contributed by atoms with E-state index in [0.29, 0.717) is 35.8 Å². The molecule has 0 amide bonds. The quantitative estimate of drug-likeness (QED) is 0.729. The van der Waals surface area contributed by atoms with Gasteiger partial charge in [-0.25, -0.2) is 4.98 Å². The van der Waals surface area contributed by atoms with Crippen molar-refractivity contribution in [2.45, 2.75) is 50.5 Å². The van der Waals surface area contributed by atoms with Crippen LogP contribution in [0.1, 0.15) is 59.6 Å². The topological polar surface area (TPSA) is 59.4 Å². The minimum absolute atomic E-state index is 0.182. The molecule has 4 aliphatic rings. The van der Waals surface area contributed by atoms with Gasteiger partial charge in [0, 0.05) is 18.2 Å². The molecule has 4 bridgehead atoms. The minimum atomic E-state index is -0.428. The van der Waals surface area contributed by atoms with Crippen molar-refractivity contribution in [3.8, 4) is 5.75 Å². The van der Waals surface area contributed by atoms with Crippen molar-refractivity contribution in [1.29, 1.82) is 0 Å². The van der Waals surface area contributed by atoms with Gasteiger partial charge in [-0.05, 0) is 73.5 Å². The zero-order valence-electron chi connectivity index (χ0n) is 16.3. The fourth-order valence-corrected chi connectivity index (χ4v) is 7.01. The Morgan fingerprint density at radius 3 is 2.57 bits per heavy atom. The Balaban J connectivity index is 1.24. The molecule has 0 aliphatic heterocycles. The number of Topliss-reactive ketones (excluding diaryl/α,β-unsaturated/α-hetero) is 1. The second-order valence-corrected chi connectivity index (χ2v) is 10.1. The average molecular weight is 398 g/mol. The van der Waals surface area contributed by atoms with Crippen LogP contribution in [0.25, 0.3) is 0 Å². The van der Waals surface area contributed by atoms with Gasteiger partial charge < -0.3 is 9.84 Å². The van der Waals surface area contributed by atoms with Crippen LogP contribution in [0, 0.1) is 23.7 Å². The fourth-order valence-electron chi connectivity index (χ4n) is 6.18. The van der Waals surface area contributed by atoms with Crippen LogP contribution in [0.2, 0.25) is 0 Å². The van der Waals surface area contributed by atoms with Gasteiger partial charge >= 0.3 is 0 Å².